The van der Waals surface area contributed by atoms with Gasteiger partial charge in [-0.2, -0.15) is 0 Å². The number of nitrogens with zero attached hydrogens (tertiary/aromatic N) is 4. The quantitative estimate of drug-likeness (QED) is 0.244. The van der Waals surface area contributed by atoms with Gasteiger partial charge in [0.2, 0.25) is 0 Å². The van der Waals surface area contributed by atoms with Gasteiger partial charge in [0.05, 0.1) is 30.5 Å². The van der Waals surface area contributed by atoms with Gasteiger partial charge in [0.25, 0.3) is 11.5 Å². The highest BCUT2D eigenvalue weighted by molar-refractivity contribution is 5.94. The van der Waals surface area contributed by atoms with Crippen LogP contribution < -0.4 is 10.9 Å². The number of hydrogen-bond acceptors (Lipinski definition) is 8. The Balaban J connectivity index is 1.89. The van der Waals surface area contributed by atoms with Crippen molar-refractivity contribution in [1.29, 1.82) is 0 Å². The molecular weight excluding hydrogens is 430 g/mol. The molecule has 0 saturated heterocycles. The summed E-state index contributed by atoms with van der Waals surface area (Å²) in [7, 11) is 0. The van der Waals surface area contributed by atoms with Crippen molar-refractivity contribution in [2.24, 2.45) is 0 Å². The second kappa shape index (κ2) is 10.7. The van der Waals surface area contributed by atoms with E-state index in [1.807, 2.05) is 24.6 Å². The van der Waals surface area contributed by atoms with E-state index in [0.717, 1.165) is 15.7 Å². The predicted molar refractivity (Wildman–Crippen MR) is 120 cm³/mol. The Morgan fingerprint density at radius 2 is 1.88 bits per heavy atom. The monoisotopic (exact) mass is 459 g/mol. The molecule has 178 valence electrons. The largest absolute Gasteiger partial charge is 0.394 e. The van der Waals surface area contributed by atoms with Crippen molar-refractivity contribution in [2.75, 3.05) is 13.2 Å². The first-order chi connectivity index (χ1) is 15.7. The van der Waals surface area contributed by atoms with Gasteiger partial charge in [-0.15, -0.1) is 0 Å². The number of hydrogen-bond donors (Lipinski definition) is 5. The Kier molecular flexibility index (Phi) is 7.92. The number of amides is 1. The van der Waals surface area contributed by atoms with E-state index in [1.54, 1.807) is 24.7 Å². The van der Waals surface area contributed by atoms with Crippen molar-refractivity contribution in [3.05, 3.63) is 58.0 Å². The first-order valence-electron chi connectivity index (χ1n) is 10.6. The first kappa shape index (κ1) is 24.5. The van der Waals surface area contributed by atoms with Crippen LogP contribution in [0.15, 0.2) is 35.6 Å². The summed E-state index contributed by atoms with van der Waals surface area (Å²) < 4.78 is 3.03. The molecular formula is C22H29N5O6. The lowest BCUT2D eigenvalue weighted by Gasteiger charge is -2.23. The number of aliphatic hydroxyl groups excluding tert-OH is 4. The molecule has 2 aromatic heterocycles. The van der Waals surface area contributed by atoms with Crippen LogP contribution in [-0.4, -0.2) is 76.9 Å². The van der Waals surface area contributed by atoms with Crippen molar-refractivity contribution < 1.29 is 25.2 Å². The fourth-order valence-corrected chi connectivity index (χ4v) is 3.45. The Morgan fingerprint density at radius 3 is 2.55 bits per heavy atom. The average molecular weight is 460 g/mol. The molecule has 0 aliphatic carbocycles. The van der Waals surface area contributed by atoms with E-state index in [2.05, 4.69) is 15.3 Å². The van der Waals surface area contributed by atoms with E-state index in [4.69, 9.17) is 5.11 Å². The molecule has 0 radical (unpaired) electrons. The normalized spacial score (nSPS) is 14.2. The summed E-state index contributed by atoms with van der Waals surface area (Å²) >= 11 is 0. The molecule has 0 spiro atoms. The smallest absolute Gasteiger partial charge is 0.282 e. The van der Waals surface area contributed by atoms with Crippen LogP contribution in [0.5, 0.6) is 0 Å². The summed E-state index contributed by atoms with van der Waals surface area (Å²) in [6.45, 7) is 3.52. The highest BCUT2D eigenvalue weighted by Gasteiger charge is 2.27. The van der Waals surface area contributed by atoms with Gasteiger partial charge >= 0.3 is 0 Å². The molecule has 0 aliphatic rings. The van der Waals surface area contributed by atoms with Crippen molar-refractivity contribution in [1.82, 2.24) is 24.4 Å². The van der Waals surface area contributed by atoms with Crippen molar-refractivity contribution in [2.45, 2.75) is 51.7 Å². The molecule has 0 saturated carbocycles. The van der Waals surface area contributed by atoms with Gasteiger partial charge in [0.1, 0.15) is 18.3 Å². The third kappa shape index (κ3) is 5.63. The fraction of sp³-hybridized carbons (Fsp3) is 0.455. The van der Waals surface area contributed by atoms with Crippen LogP contribution >= 0.6 is 0 Å². The third-order valence-corrected chi connectivity index (χ3v) is 5.56. The zero-order chi connectivity index (χ0) is 24.1. The zero-order valence-electron chi connectivity index (χ0n) is 18.5. The Bertz CT molecular complexity index is 1160. The summed E-state index contributed by atoms with van der Waals surface area (Å²) in [5, 5.41) is 41.8. The minimum Gasteiger partial charge on any atom is -0.394 e. The lowest BCUT2D eigenvalue weighted by atomic mass is 10.1. The molecule has 5 N–H and O–H groups in total. The molecule has 33 heavy (non-hydrogen) atoms. The number of aromatic nitrogens is 4. The van der Waals surface area contributed by atoms with Crippen LogP contribution in [0.1, 0.15) is 28.0 Å². The lowest BCUT2D eigenvalue weighted by molar-refractivity contribution is -0.0805. The van der Waals surface area contributed by atoms with Crippen LogP contribution in [0.4, 0.5) is 0 Å². The van der Waals surface area contributed by atoms with Crippen molar-refractivity contribution in [3.8, 4) is 0 Å². The Morgan fingerprint density at radius 1 is 1.15 bits per heavy atom. The van der Waals surface area contributed by atoms with Gasteiger partial charge in [-0.1, -0.05) is 0 Å². The van der Waals surface area contributed by atoms with Crippen LogP contribution in [0, 0.1) is 13.8 Å². The number of carbonyl (C=O) groups is 1. The molecule has 1 amide bonds. The number of fused-ring (bicyclic) bond motifs is 1. The van der Waals surface area contributed by atoms with Gasteiger partial charge in [-0.05, 0) is 43.5 Å². The molecule has 1 aromatic carbocycles. The van der Waals surface area contributed by atoms with E-state index in [0.29, 0.717) is 30.5 Å². The zero-order valence-corrected chi connectivity index (χ0v) is 18.5. The maximum Gasteiger partial charge on any atom is 0.282 e. The summed E-state index contributed by atoms with van der Waals surface area (Å²) in [4.78, 5) is 34.1. The Labute approximate surface area is 190 Å². The van der Waals surface area contributed by atoms with Gasteiger partial charge in [-0.25, -0.2) is 9.97 Å². The minimum absolute atomic E-state index is 0.313. The van der Waals surface area contributed by atoms with E-state index in [1.165, 1.54) is 0 Å². The van der Waals surface area contributed by atoms with Crippen LogP contribution in [0.25, 0.3) is 11.0 Å². The SMILES string of the molecule is Cc1cc2nc(C(=O)NCCCn3ccnc3)c(=O)n(C[C@H](O)[C@H](O)[C@H](O)CO)c2cc1C. The number of benzene rings is 1. The summed E-state index contributed by atoms with van der Waals surface area (Å²) in [6.07, 6.45) is 0.930. The van der Waals surface area contributed by atoms with E-state index in [-0.39, 0.29) is 5.69 Å². The standard InChI is InChI=1S/C22H29N5O6/c1-13-8-15-16(9-14(13)2)27(10-17(29)20(31)18(30)11-28)22(33)19(25-15)21(32)24-4-3-6-26-7-5-23-12-26/h5,7-9,12,17-18,20,28-31H,3-4,6,10-11H2,1-2H3,(H,24,32)/t17-,18+,20-/m0/s1. The fourth-order valence-electron chi connectivity index (χ4n) is 3.45. The van der Waals surface area contributed by atoms with Gasteiger partial charge in [0, 0.05) is 25.5 Å². The van der Waals surface area contributed by atoms with E-state index >= 15 is 0 Å². The van der Waals surface area contributed by atoms with Crippen molar-refractivity contribution in [3.63, 3.8) is 0 Å². The molecule has 0 aliphatic heterocycles. The molecule has 3 atom stereocenters. The van der Waals surface area contributed by atoms with Crippen molar-refractivity contribution >= 4 is 16.9 Å². The molecule has 11 nitrogen and oxygen atoms in total. The first-order valence-corrected chi connectivity index (χ1v) is 10.6. The average Bonchev–Trinajstić information content (AvgIpc) is 3.32. The van der Waals surface area contributed by atoms with Gasteiger partial charge in [-0.3, -0.25) is 9.59 Å². The highest BCUT2D eigenvalue weighted by Crippen LogP contribution is 2.18. The van der Waals surface area contributed by atoms with Gasteiger partial charge < -0.3 is 34.9 Å². The molecule has 2 heterocycles. The van der Waals surface area contributed by atoms with E-state index in [9.17, 15) is 24.9 Å². The maximum absolute atomic E-state index is 13.2. The van der Waals surface area contributed by atoms with Gasteiger partial charge in [0.15, 0.2) is 5.69 Å². The maximum atomic E-state index is 13.2. The molecule has 11 heteroatoms. The predicted octanol–water partition coefficient (Wildman–Crippen LogP) is -0.895. The highest BCUT2D eigenvalue weighted by atomic mass is 16.4. The topological polar surface area (TPSA) is 163 Å². The number of carbonyl (C=O) groups excluding carboxylic acids is 1. The van der Waals surface area contributed by atoms with Crippen LogP contribution in [-0.2, 0) is 13.1 Å². The molecule has 3 aromatic rings. The molecule has 3 rings (SSSR count). The number of rotatable bonds is 10. The summed E-state index contributed by atoms with van der Waals surface area (Å²) in [6, 6.07) is 3.45. The number of aryl methyl sites for hydroxylation is 3. The second-order valence-corrected chi connectivity index (χ2v) is 8.02. The van der Waals surface area contributed by atoms with Crippen LogP contribution in [0.2, 0.25) is 0 Å². The lowest BCUT2D eigenvalue weighted by Crippen LogP contribution is -2.44. The Hall–Kier alpha value is -3.12. The third-order valence-electron chi connectivity index (χ3n) is 5.56. The summed E-state index contributed by atoms with van der Waals surface area (Å²) in [5.41, 5.74) is 1.47. The minimum atomic E-state index is -1.68. The number of nitrogens with one attached hydrogen (secondary N) is 1. The van der Waals surface area contributed by atoms with Crippen LogP contribution in [0.3, 0.4) is 0 Å². The summed E-state index contributed by atoms with van der Waals surface area (Å²) in [5.74, 6) is -0.648. The molecule has 0 unspecified atom stereocenters. The second-order valence-electron chi connectivity index (χ2n) is 8.02. The molecule has 0 bridgehead atoms. The van der Waals surface area contributed by atoms with E-state index < -0.39 is 42.9 Å². The number of aliphatic hydroxyl groups is 4. The molecule has 0 fully saturated rings. The number of imidazole rings is 1.